The fourth-order valence-electron chi connectivity index (χ4n) is 1.55. The van der Waals surface area contributed by atoms with E-state index in [1.54, 1.807) is 7.11 Å². The molecule has 0 bridgehead atoms. The monoisotopic (exact) mass is 391 g/mol. The number of aromatic nitrogens is 2. The topological polar surface area (TPSA) is 70.1 Å². The van der Waals surface area contributed by atoms with Gasteiger partial charge in [-0.15, -0.1) is 0 Å². The zero-order valence-electron chi connectivity index (χ0n) is 10.1. The summed E-state index contributed by atoms with van der Waals surface area (Å²) in [5, 5.41) is 4.25. The van der Waals surface area contributed by atoms with Crippen LogP contribution in [-0.2, 0) is 6.54 Å². The first-order valence-corrected chi connectivity index (χ1v) is 6.83. The highest BCUT2D eigenvalue weighted by Gasteiger charge is 2.11. The number of hydrogen-bond donors (Lipinski definition) is 1. The maximum atomic E-state index is 12.0. The molecule has 1 aromatic carbocycles. The van der Waals surface area contributed by atoms with Crippen LogP contribution in [0.3, 0.4) is 0 Å². The summed E-state index contributed by atoms with van der Waals surface area (Å²) in [5.74, 6) is 0.754. The van der Waals surface area contributed by atoms with Gasteiger partial charge >= 0.3 is 0 Å². The molecule has 2 aromatic rings. The van der Waals surface area contributed by atoms with Crippen LogP contribution >= 0.6 is 34.2 Å². The molecule has 7 heteroatoms. The Morgan fingerprint density at radius 3 is 2.63 bits per heavy atom. The van der Waals surface area contributed by atoms with Gasteiger partial charge in [-0.1, -0.05) is 23.7 Å². The van der Waals surface area contributed by atoms with E-state index in [2.05, 4.69) is 5.10 Å². The molecule has 100 valence electrons. The molecule has 0 aliphatic heterocycles. The van der Waals surface area contributed by atoms with Crippen molar-refractivity contribution in [2.45, 2.75) is 6.54 Å². The van der Waals surface area contributed by atoms with Gasteiger partial charge in [0, 0.05) is 0 Å². The highest BCUT2D eigenvalue weighted by Crippen LogP contribution is 2.18. The third kappa shape index (κ3) is 3.01. The Morgan fingerprint density at radius 1 is 1.42 bits per heavy atom. The minimum atomic E-state index is -0.343. The molecular formula is C12H11ClIN3O2. The first-order valence-electron chi connectivity index (χ1n) is 5.37. The first kappa shape index (κ1) is 14.1. The summed E-state index contributed by atoms with van der Waals surface area (Å²) in [6.45, 7) is 0.309. The molecule has 1 heterocycles. The molecule has 2 N–H and O–H groups in total. The van der Waals surface area contributed by atoms with Gasteiger partial charge in [0.25, 0.3) is 5.56 Å². The summed E-state index contributed by atoms with van der Waals surface area (Å²) in [4.78, 5) is 12.0. The van der Waals surface area contributed by atoms with Crippen LogP contribution in [0.25, 0.3) is 0 Å². The van der Waals surface area contributed by atoms with Crippen molar-refractivity contribution >= 4 is 39.9 Å². The van der Waals surface area contributed by atoms with Crippen LogP contribution in [0.2, 0.25) is 5.15 Å². The largest absolute Gasteiger partial charge is 0.497 e. The van der Waals surface area contributed by atoms with E-state index in [0.29, 0.717) is 10.1 Å². The molecular weight excluding hydrogens is 381 g/mol. The molecule has 0 aliphatic rings. The van der Waals surface area contributed by atoms with E-state index in [-0.39, 0.29) is 16.4 Å². The number of halogens is 2. The second-order valence-electron chi connectivity index (χ2n) is 3.83. The average molecular weight is 392 g/mol. The number of nitrogen functional groups attached to an aromatic ring is 1. The van der Waals surface area contributed by atoms with Gasteiger partial charge in [0.1, 0.15) is 11.4 Å². The lowest BCUT2D eigenvalue weighted by Gasteiger charge is -2.08. The quantitative estimate of drug-likeness (QED) is 0.814. The van der Waals surface area contributed by atoms with E-state index >= 15 is 0 Å². The molecule has 1 aromatic heterocycles. The molecule has 0 aliphatic carbocycles. The van der Waals surface area contributed by atoms with Crippen molar-refractivity contribution in [2.24, 2.45) is 0 Å². The van der Waals surface area contributed by atoms with Crippen LogP contribution in [0.4, 0.5) is 5.69 Å². The number of methoxy groups -OCH3 is 1. The number of nitrogens with zero attached hydrogens (tertiary/aromatic N) is 2. The van der Waals surface area contributed by atoms with Crippen molar-refractivity contribution in [1.29, 1.82) is 0 Å². The van der Waals surface area contributed by atoms with Crippen molar-refractivity contribution in [3.8, 4) is 5.75 Å². The molecule has 0 unspecified atom stereocenters. The average Bonchev–Trinajstić information content (AvgIpc) is 2.43. The third-order valence-corrected chi connectivity index (χ3v) is 4.26. The Balaban J connectivity index is 2.35. The lowest BCUT2D eigenvalue weighted by atomic mass is 10.2. The normalized spacial score (nSPS) is 10.5. The van der Waals surface area contributed by atoms with Gasteiger partial charge in [0.15, 0.2) is 5.15 Å². The van der Waals surface area contributed by atoms with Crippen LogP contribution < -0.4 is 16.0 Å². The molecule has 0 atom stereocenters. The van der Waals surface area contributed by atoms with Crippen molar-refractivity contribution < 1.29 is 4.74 Å². The van der Waals surface area contributed by atoms with Crippen LogP contribution in [0.5, 0.6) is 5.75 Å². The van der Waals surface area contributed by atoms with Crippen LogP contribution in [0.1, 0.15) is 5.56 Å². The van der Waals surface area contributed by atoms with E-state index < -0.39 is 0 Å². The smallest absolute Gasteiger partial charge is 0.291 e. The van der Waals surface area contributed by atoms with Gasteiger partial charge < -0.3 is 10.5 Å². The molecule has 0 saturated carbocycles. The van der Waals surface area contributed by atoms with Gasteiger partial charge in [-0.25, -0.2) is 4.68 Å². The minimum absolute atomic E-state index is 0.120. The maximum Gasteiger partial charge on any atom is 0.291 e. The van der Waals surface area contributed by atoms with Crippen molar-refractivity contribution in [3.63, 3.8) is 0 Å². The predicted octanol–water partition coefficient (Wildman–Crippen LogP) is 2.14. The molecule has 5 nitrogen and oxygen atoms in total. The van der Waals surface area contributed by atoms with Gasteiger partial charge in [-0.3, -0.25) is 4.79 Å². The highest BCUT2D eigenvalue weighted by atomic mass is 127. The molecule has 0 amide bonds. The van der Waals surface area contributed by atoms with E-state index in [4.69, 9.17) is 22.1 Å². The summed E-state index contributed by atoms with van der Waals surface area (Å²) in [5.41, 5.74) is 6.38. The summed E-state index contributed by atoms with van der Waals surface area (Å²) in [6, 6.07) is 7.35. The molecule has 2 rings (SSSR count). The molecule has 0 fully saturated rings. The fraction of sp³-hybridized carbons (Fsp3) is 0.167. The molecule has 0 saturated heterocycles. The zero-order chi connectivity index (χ0) is 14.0. The number of nitrogens with two attached hydrogens (primary N) is 1. The maximum absolute atomic E-state index is 12.0. The van der Waals surface area contributed by atoms with Crippen molar-refractivity contribution in [3.05, 3.63) is 48.9 Å². The Hall–Kier alpha value is -1.28. The van der Waals surface area contributed by atoms with Crippen LogP contribution in [0.15, 0.2) is 29.1 Å². The number of hydrogen-bond acceptors (Lipinski definition) is 4. The Morgan fingerprint density at radius 2 is 2.05 bits per heavy atom. The number of ether oxygens (including phenoxy) is 1. The van der Waals surface area contributed by atoms with Gasteiger partial charge in [0.2, 0.25) is 0 Å². The number of rotatable bonds is 3. The summed E-state index contributed by atoms with van der Waals surface area (Å²) >= 11 is 7.83. The van der Waals surface area contributed by atoms with E-state index in [9.17, 15) is 4.79 Å². The predicted molar refractivity (Wildman–Crippen MR) is 82.7 cm³/mol. The third-order valence-electron chi connectivity index (χ3n) is 2.58. The van der Waals surface area contributed by atoms with E-state index in [0.717, 1.165) is 11.3 Å². The fourth-order valence-corrected chi connectivity index (χ4v) is 2.08. The van der Waals surface area contributed by atoms with Crippen LogP contribution in [0, 0.1) is 3.57 Å². The molecule has 19 heavy (non-hydrogen) atoms. The lowest BCUT2D eigenvalue weighted by molar-refractivity contribution is 0.414. The number of anilines is 1. The zero-order valence-corrected chi connectivity index (χ0v) is 13.0. The molecule has 0 radical (unpaired) electrons. The minimum Gasteiger partial charge on any atom is -0.497 e. The second-order valence-corrected chi connectivity index (χ2v) is 5.27. The summed E-state index contributed by atoms with van der Waals surface area (Å²) in [6.07, 6.45) is 0. The first-order chi connectivity index (χ1) is 9.02. The summed E-state index contributed by atoms with van der Waals surface area (Å²) in [7, 11) is 1.60. The molecule has 0 spiro atoms. The Labute approximate surface area is 128 Å². The standard InChI is InChI=1S/C12H11ClIN3O2/c1-19-8-4-2-7(3-5-8)6-17-12(18)10(15)9(14)11(13)16-17/h2-5H,6,15H2,1H3. The van der Waals surface area contributed by atoms with Gasteiger partial charge in [-0.2, -0.15) is 5.10 Å². The van der Waals surface area contributed by atoms with E-state index in [1.165, 1.54) is 4.68 Å². The van der Waals surface area contributed by atoms with Crippen LogP contribution in [-0.4, -0.2) is 16.9 Å². The number of benzene rings is 1. The summed E-state index contributed by atoms with van der Waals surface area (Å²) < 4.78 is 6.80. The Kier molecular flexibility index (Phi) is 4.31. The SMILES string of the molecule is COc1ccc(Cn2nc(Cl)c(I)c(N)c2=O)cc1. The Bertz CT molecular complexity index is 655. The highest BCUT2D eigenvalue weighted by molar-refractivity contribution is 14.1. The second kappa shape index (κ2) is 5.79. The van der Waals surface area contributed by atoms with Crippen molar-refractivity contribution in [2.75, 3.05) is 12.8 Å². The van der Waals surface area contributed by atoms with Crippen molar-refractivity contribution in [1.82, 2.24) is 9.78 Å². The van der Waals surface area contributed by atoms with Gasteiger partial charge in [-0.05, 0) is 40.3 Å². The lowest BCUT2D eigenvalue weighted by Crippen LogP contribution is -2.27. The van der Waals surface area contributed by atoms with Gasteiger partial charge in [0.05, 0.1) is 17.2 Å². The van der Waals surface area contributed by atoms with E-state index in [1.807, 2.05) is 46.9 Å².